The van der Waals surface area contributed by atoms with E-state index in [4.69, 9.17) is 32.7 Å². The molecule has 1 amide bonds. The van der Waals surface area contributed by atoms with Gasteiger partial charge in [0.2, 0.25) is 5.88 Å². The molecule has 2 aromatic carbocycles. The van der Waals surface area contributed by atoms with Gasteiger partial charge in [0.15, 0.2) is 0 Å². The molecule has 1 aliphatic rings. The summed E-state index contributed by atoms with van der Waals surface area (Å²) in [6.45, 7) is 3.81. The van der Waals surface area contributed by atoms with E-state index in [9.17, 15) is 9.90 Å². The summed E-state index contributed by atoms with van der Waals surface area (Å²) < 4.78 is 11.2. The smallest absolute Gasteiger partial charge is 0.256 e. The van der Waals surface area contributed by atoms with Gasteiger partial charge in [-0.3, -0.25) is 9.69 Å². The number of β-amino-alcohol motifs (C(OH)–C–C–N with tert-alkyl or cyclic N) is 1. The average Bonchev–Trinajstić information content (AvgIpc) is 2.90. The van der Waals surface area contributed by atoms with Gasteiger partial charge in [-0.05, 0) is 36.4 Å². The number of aliphatic hydroxyl groups excluding tert-OH is 1. The number of para-hydroxylation sites is 2. The van der Waals surface area contributed by atoms with Crippen molar-refractivity contribution in [3.63, 3.8) is 0 Å². The van der Waals surface area contributed by atoms with Crippen molar-refractivity contribution in [3.05, 3.63) is 76.4 Å². The molecule has 3 aromatic rings. The fourth-order valence-electron chi connectivity index (χ4n) is 4.03. The minimum Gasteiger partial charge on any atom is -0.495 e. The van der Waals surface area contributed by atoms with Crippen LogP contribution >= 0.6 is 23.2 Å². The van der Waals surface area contributed by atoms with Crippen molar-refractivity contribution in [2.45, 2.75) is 6.10 Å². The Kier molecular flexibility index (Phi) is 8.88. The molecule has 2 N–H and O–H groups in total. The largest absolute Gasteiger partial charge is 0.495 e. The second kappa shape index (κ2) is 12.3. The standard InChI is InChI=1S/C26H28Cl2N4O4/c1-35-24-7-3-2-6-23(24)32-13-11-31(12-14-32)17-18(33)16-30-25(34)20-5-4-10-29-26(20)36-19-8-9-21(27)22(28)15-19/h2-10,15,18,33H,11-14,16-17H2,1H3,(H,30,34). The number of aliphatic hydroxyl groups is 1. The van der Waals surface area contributed by atoms with Gasteiger partial charge in [-0.2, -0.15) is 0 Å². The highest BCUT2D eigenvalue weighted by Crippen LogP contribution is 2.30. The Labute approximate surface area is 220 Å². The lowest BCUT2D eigenvalue weighted by Crippen LogP contribution is -2.50. The van der Waals surface area contributed by atoms with Crippen LogP contribution in [0.3, 0.4) is 0 Å². The Morgan fingerprint density at radius 1 is 1.08 bits per heavy atom. The second-order valence-corrected chi connectivity index (χ2v) is 9.17. The molecule has 0 saturated carbocycles. The summed E-state index contributed by atoms with van der Waals surface area (Å²) in [6.07, 6.45) is 0.811. The quantitative estimate of drug-likeness (QED) is 0.430. The molecule has 36 heavy (non-hydrogen) atoms. The predicted octanol–water partition coefficient (Wildman–Crippen LogP) is 4.10. The van der Waals surface area contributed by atoms with E-state index >= 15 is 0 Å². The monoisotopic (exact) mass is 530 g/mol. The van der Waals surface area contributed by atoms with Crippen LogP contribution < -0.4 is 19.7 Å². The first kappa shape index (κ1) is 26.0. The number of methoxy groups -OCH3 is 1. The number of nitrogens with zero attached hydrogens (tertiary/aromatic N) is 3. The van der Waals surface area contributed by atoms with Crippen LogP contribution in [0.15, 0.2) is 60.8 Å². The molecule has 190 valence electrons. The normalized spacial score (nSPS) is 14.8. The number of halogens is 2. The second-order valence-electron chi connectivity index (χ2n) is 8.36. The first-order valence-corrected chi connectivity index (χ1v) is 12.3. The minimum atomic E-state index is -0.720. The number of amides is 1. The van der Waals surface area contributed by atoms with E-state index in [1.165, 1.54) is 6.20 Å². The summed E-state index contributed by atoms with van der Waals surface area (Å²) in [5.74, 6) is 1.00. The zero-order valence-corrected chi connectivity index (χ0v) is 21.4. The van der Waals surface area contributed by atoms with E-state index in [0.29, 0.717) is 22.3 Å². The molecule has 1 unspecified atom stereocenters. The molecule has 10 heteroatoms. The van der Waals surface area contributed by atoms with Crippen LogP contribution in [0.25, 0.3) is 0 Å². The van der Waals surface area contributed by atoms with E-state index in [2.05, 4.69) is 26.2 Å². The minimum absolute atomic E-state index is 0.104. The van der Waals surface area contributed by atoms with E-state index in [0.717, 1.165) is 37.6 Å². The first-order chi connectivity index (χ1) is 17.4. The first-order valence-electron chi connectivity index (χ1n) is 11.6. The molecule has 0 spiro atoms. The number of nitrogens with one attached hydrogen (secondary N) is 1. The molecule has 1 aliphatic heterocycles. The Morgan fingerprint density at radius 3 is 2.61 bits per heavy atom. The molecule has 0 bridgehead atoms. The SMILES string of the molecule is COc1ccccc1N1CCN(CC(O)CNC(=O)c2cccnc2Oc2ccc(Cl)c(Cl)c2)CC1. The molecule has 0 radical (unpaired) electrons. The topological polar surface area (TPSA) is 87.2 Å². The Hall–Kier alpha value is -3.04. The average molecular weight is 531 g/mol. The lowest BCUT2D eigenvalue weighted by Gasteiger charge is -2.37. The molecular weight excluding hydrogens is 503 g/mol. The number of piperazine rings is 1. The number of carbonyl (C=O) groups excluding carboxylic acids is 1. The molecule has 2 heterocycles. The van der Waals surface area contributed by atoms with Crippen molar-refractivity contribution in [1.82, 2.24) is 15.2 Å². The number of rotatable bonds is 9. The molecular formula is C26H28Cl2N4O4. The van der Waals surface area contributed by atoms with E-state index in [1.807, 2.05) is 18.2 Å². The van der Waals surface area contributed by atoms with Gasteiger partial charge in [-0.1, -0.05) is 35.3 Å². The van der Waals surface area contributed by atoms with Crippen LogP contribution in [0, 0.1) is 0 Å². The van der Waals surface area contributed by atoms with Gasteiger partial charge in [0.1, 0.15) is 17.1 Å². The third kappa shape index (κ3) is 6.59. The van der Waals surface area contributed by atoms with Crippen molar-refractivity contribution in [3.8, 4) is 17.4 Å². The number of pyridine rings is 1. The Morgan fingerprint density at radius 2 is 1.86 bits per heavy atom. The fraction of sp³-hybridized carbons (Fsp3) is 0.308. The lowest BCUT2D eigenvalue weighted by atomic mass is 10.2. The van der Waals surface area contributed by atoms with Crippen molar-refractivity contribution in [2.75, 3.05) is 51.3 Å². The summed E-state index contributed by atoms with van der Waals surface area (Å²) in [5.41, 5.74) is 1.32. The number of hydrogen-bond donors (Lipinski definition) is 2. The van der Waals surface area contributed by atoms with Crippen LogP contribution in [-0.4, -0.2) is 73.4 Å². The summed E-state index contributed by atoms with van der Waals surface area (Å²) >= 11 is 12.0. The molecule has 1 atom stereocenters. The van der Waals surface area contributed by atoms with Crippen LogP contribution in [0.4, 0.5) is 5.69 Å². The van der Waals surface area contributed by atoms with E-state index in [1.54, 1.807) is 37.4 Å². The van der Waals surface area contributed by atoms with Crippen LogP contribution in [0.2, 0.25) is 10.0 Å². The molecule has 1 saturated heterocycles. The Bertz CT molecular complexity index is 1190. The van der Waals surface area contributed by atoms with E-state index in [-0.39, 0.29) is 18.0 Å². The van der Waals surface area contributed by atoms with Crippen molar-refractivity contribution in [1.29, 1.82) is 0 Å². The number of hydrogen-bond acceptors (Lipinski definition) is 7. The summed E-state index contributed by atoms with van der Waals surface area (Å²) in [5, 5.41) is 14.1. The zero-order chi connectivity index (χ0) is 25.5. The number of anilines is 1. The van der Waals surface area contributed by atoms with Gasteiger partial charge in [0, 0.05) is 51.5 Å². The highest BCUT2D eigenvalue weighted by Gasteiger charge is 2.22. The maximum Gasteiger partial charge on any atom is 0.256 e. The predicted molar refractivity (Wildman–Crippen MR) is 141 cm³/mol. The lowest BCUT2D eigenvalue weighted by molar-refractivity contribution is 0.0849. The third-order valence-corrected chi connectivity index (χ3v) is 6.63. The van der Waals surface area contributed by atoms with E-state index < -0.39 is 12.0 Å². The Balaban J connectivity index is 1.27. The van der Waals surface area contributed by atoms with Crippen molar-refractivity contribution >= 4 is 34.8 Å². The highest BCUT2D eigenvalue weighted by atomic mass is 35.5. The van der Waals surface area contributed by atoms with Crippen LogP contribution in [-0.2, 0) is 0 Å². The van der Waals surface area contributed by atoms with Gasteiger partial charge in [-0.25, -0.2) is 4.98 Å². The molecule has 1 aromatic heterocycles. The van der Waals surface area contributed by atoms with Gasteiger partial charge >= 0.3 is 0 Å². The molecule has 4 rings (SSSR count). The van der Waals surface area contributed by atoms with Crippen LogP contribution in [0.1, 0.15) is 10.4 Å². The number of benzene rings is 2. The third-order valence-electron chi connectivity index (χ3n) is 5.89. The number of ether oxygens (including phenoxy) is 2. The van der Waals surface area contributed by atoms with Gasteiger partial charge in [0.05, 0.1) is 28.9 Å². The van der Waals surface area contributed by atoms with Crippen molar-refractivity contribution < 1.29 is 19.4 Å². The molecule has 0 aliphatic carbocycles. The van der Waals surface area contributed by atoms with Crippen molar-refractivity contribution in [2.24, 2.45) is 0 Å². The fourth-order valence-corrected chi connectivity index (χ4v) is 4.32. The summed E-state index contributed by atoms with van der Waals surface area (Å²) in [4.78, 5) is 21.4. The maximum absolute atomic E-state index is 12.8. The summed E-state index contributed by atoms with van der Waals surface area (Å²) in [6, 6.07) is 16.0. The maximum atomic E-state index is 12.8. The molecule has 8 nitrogen and oxygen atoms in total. The van der Waals surface area contributed by atoms with Gasteiger partial charge < -0.3 is 24.8 Å². The number of carbonyl (C=O) groups is 1. The van der Waals surface area contributed by atoms with Gasteiger partial charge in [0.25, 0.3) is 5.91 Å². The zero-order valence-electron chi connectivity index (χ0n) is 19.9. The van der Waals surface area contributed by atoms with Crippen LogP contribution in [0.5, 0.6) is 17.4 Å². The number of aromatic nitrogens is 1. The van der Waals surface area contributed by atoms with Gasteiger partial charge in [-0.15, -0.1) is 0 Å². The molecule has 1 fully saturated rings. The highest BCUT2D eigenvalue weighted by molar-refractivity contribution is 6.42. The summed E-state index contributed by atoms with van der Waals surface area (Å²) in [7, 11) is 1.67.